The van der Waals surface area contributed by atoms with Gasteiger partial charge in [-0.25, -0.2) is 0 Å². The number of nitrogens with zero attached hydrogens (tertiary/aromatic N) is 1. The first-order valence-electron chi connectivity index (χ1n) is 5.47. The fraction of sp³-hybridized carbons (Fsp3) is 0.333. The van der Waals surface area contributed by atoms with E-state index in [-0.39, 0.29) is 12.3 Å². The average molecular weight is 378 g/mol. The standard InChI is InChI=1S/C12H14Br2N2O2/c1-2-9(12(15)18)16-6-5-8(7-10(13)14)3-4-11(16)17/h3,5-7,9H,2,4H2,1H3,(H2,15,18). The minimum atomic E-state index is -0.585. The first kappa shape index (κ1) is 15.2. The van der Waals surface area contributed by atoms with Crippen molar-refractivity contribution in [1.29, 1.82) is 0 Å². The second-order valence-corrected chi connectivity index (χ2v) is 6.56. The van der Waals surface area contributed by atoms with E-state index in [0.29, 0.717) is 6.42 Å². The lowest BCUT2D eigenvalue weighted by Gasteiger charge is -2.24. The molecule has 0 fully saturated rings. The number of allylic oxidation sites excluding steroid dienone is 3. The molecule has 98 valence electrons. The number of hydrogen-bond acceptors (Lipinski definition) is 2. The van der Waals surface area contributed by atoms with E-state index in [1.54, 1.807) is 18.4 Å². The van der Waals surface area contributed by atoms with Crippen LogP contribution in [0.4, 0.5) is 0 Å². The summed E-state index contributed by atoms with van der Waals surface area (Å²) in [6.45, 7) is 1.82. The molecular formula is C12H14Br2N2O2. The van der Waals surface area contributed by atoms with Gasteiger partial charge in [0.15, 0.2) is 0 Å². The molecule has 2 N–H and O–H groups in total. The maximum Gasteiger partial charge on any atom is 0.240 e. The van der Waals surface area contributed by atoms with Crippen LogP contribution >= 0.6 is 31.9 Å². The molecule has 0 radical (unpaired) electrons. The van der Waals surface area contributed by atoms with Crippen LogP contribution < -0.4 is 5.73 Å². The largest absolute Gasteiger partial charge is 0.368 e. The molecule has 1 atom stereocenters. The molecule has 6 heteroatoms. The van der Waals surface area contributed by atoms with Crippen molar-refractivity contribution < 1.29 is 9.59 Å². The van der Waals surface area contributed by atoms with Gasteiger partial charge in [0, 0.05) is 12.6 Å². The number of rotatable bonds is 4. The third kappa shape index (κ3) is 4.10. The van der Waals surface area contributed by atoms with Crippen LogP contribution in [0.1, 0.15) is 19.8 Å². The Labute approximate surface area is 123 Å². The number of nitrogens with two attached hydrogens (primary N) is 1. The molecule has 0 aromatic heterocycles. The summed E-state index contributed by atoms with van der Waals surface area (Å²) in [5.41, 5.74) is 6.18. The molecule has 0 aliphatic carbocycles. The van der Waals surface area contributed by atoms with Gasteiger partial charge in [-0.2, -0.15) is 0 Å². The number of primary amides is 1. The van der Waals surface area contributed by atoms with Gasteiger partial charge < -0.3 is 10.6 Å². The number of carbonyl (C=O) groups is 2. The lowest BCUT2D eigenvalue weighted by molar-refractivity contribution is -0.135. The highest BCUT2D eigenvalue weighted by Crippen LogP contribution is 2.20. The van der Waals surface area contributed by atoms with Crippen LogP contribution in [-0.4, -0.2) is 22.8 Å². The van der Waals surface area contributed by atoms with Gasteiger partial charge in [-0.3, -0.25) is 9.59 Å². The topological polar surface area (TPSA) is 63.4 Å². The highest BCUT2D eigenvalue weighted by molar-refractivity contribution is 9.28. The van der Waals surface area contributed by atoms with Crippen molar-refractivity contribution in [3.05, 3.63) is 33.4 Å². The normalized spacial score (nSPS) is 16.9. The van der Waals surface area contributed by atoms with Crippen molar-refractivity contribution in [2.24, 2.45) is 5.73 Å². The van der Waals surface area contributed by atoms with Gasteiger partial charge in [0.05, 0.1) is 3.39 Å². The van der Waals surface area contributed by atoms with Crippen LogP contribution in [-0.2, 0) is 9.59 Å². The highest BCUT2D eigenvalue weighted by atomic mass is 79.9. The van der Waals surface area contributed by atoms with E-state index in [0.717, 1.165) is 8.96 Å². The molecule has 0 aromatic carbocycles. The van der Waals surface area contributed by atoms with E-state index in [2.05, 4.69) is 31.9 Å². The molecule has 0 aromatic rings. The molecule has 0 saturated heterocycles. The summed E-state index contributed by atoms with van der Waals surface area (Å²) in [5, 5.41) is 0. The van der Waals surface area contributed by atoms with E-state index in [9.17, 15) is 9.59 Å². The molecule has 0 spiro atoms. The van der Waals surface area contributed by atoms with Crippen molar-refractivity contribution >= 4 is 43.7 Å². The summed E-state index contributed by atoms with van der Waals surface area (Å²) in [6.07, 6.45) is 7.76. The van der Waals surface area contributed by atoms with Crippen molar-refractivity contribution in [1.82, 2.24) is 4.90 Å². The van der Waals surface area contributed by atoms with Crippen molar-refractivity contribution in [3.63, 3.8) is 0 Å². The van der Waals surface area contributed by atoms with E-state index in [4.69, 9.17) is 5.73 Å². The Balaban J connectivity index is 2.96. The van der Waals surface area contributed by atoms with Crippen molar-refractivity contribution in [3.8, 4) is 0 Å². The Morgan fingerprint density at radius 1 is 1.61 bits per heavy atom. The second-order valence-electron chi connectivity index (χ2n) is 3.79. The van der Waals surface area contributed by atoms with Crippen LogP contribution in [0, 0.1) is 0 Å². The quantitative estimate of drug-likeness (QED) is 0.818. The fourth-order valence-electron chi connectivity index (χ4n) is 1.67. The second kappa shape index (κ2) is 6.89. The van der Waals surface area contributed by atoms with Gasteiger partial charge in [-0.05, 0) is 56.0 Å². The van der Waals surface area contributed by atoms with Crippen molar-refractivity contribution in [2.45, 2.75) is 25.8 Å². The lowest BCUT2D eigenvalue weighted by atomic mass is 10.2. The van der Waals surface area contributed by atoms with Crippen molar-refractivity contribution in [2.75, 3.05) is 0 Å². The smallest absolute Gasteiger partial charge is 0.240 e. The molecule has 0 saturated carbocycles. The summed E-state index contributed by atoms with van der Waals surface area (Å²) < 4.78 is 0.786. The maximum atomic E-state index is 11.9. The lowest BCUT2D eigenvalue weighted by Crippen LogP contribution is -2.44. The Kier molecular flexibility index (Phi) is 5.81. The molecule has 2 amide bonds. The zero-order valence-electron chi connectivity index (χ0n) is 9.90. The maximum absolute atomic E-state index is 11.9. The predicted octanol–water partition coefficient (Wildman–Crippen LogP) is 2.55. The number of carbonyl (C=O) groups excluding carboxylic acids is 2. The molecule has 1 unspecified atom stereocenters. The molecule has 1 rings (SSSR count). The summed E-state index contributed by atoms with van der Waals surface area (Å²) >= 11 is 6.52. The minimum absolute atomic E-state index is 0.133. The SMILES string of the molecule is CCC(C(N)=O)N1C=CC(C=C(Br)Br)=CCC1=O. The van der Waals surface area contributed by atoms with E-state index < -0.39 is 11.9 Å². The van der Waals surface area contributed by atoms with Crippen LogP contribution in [0.3, 0.4) is 0 Å². The first-order valence-corrected chi connectivity index (χ1v) is 7.05. The van der Waals surface area contributed by atoms with E-state index >= 15 is 0 Å². The predicted molar refractivity (Wildman–Crippen MR) is 77.9 cm³/mol. The van der Waals surface area contributed by atoms with Gasteiger partial charge in [0.2, 0.25) is 11.8 Å². The van der Waals surface area contributed by atoms with Crippen LogP contribution in [0.5, 0.6) is 0 Å². The summed E-state index contributed by atoms with van der Waals surface area (Å²) in [5.74, 6) is -0.623. The zero-order valence-corrected chi connectivity index (χ0v) is 13.1. The molecule has 1 heterocycles. The first-order chi connectivity index (χ1) is 8.45. The Hall–Kier alpha value is -0.880. The Morgan fingerprint density at radius 3 is 2.78 bits per heavy atom. The summed E-state index contributed by atoms with van der Waals surface area (Å²) in [7, 11) is 0. The van der Waals surface area contributed by atoms with Crippen LogP contribution in [0.25, 0.3) is 0 Å². The minimum Gasteiger partial charge on any atom is -0.368 e. The van der Waals surface area contributed by atoms with E-state index in [1.165, 1.54) is 4.90 Å². The van der Waals surface area contributed by atoms with Crippen LogP contribution in [0.15, 0.2) is 33.4 Å². The number of halogens is 2. The Bertz CT molecular complexity index is 437. The number of hydrogen-bond donors (Lipinski definition) is 1. The van der Waals surface area contributed by atoms with Crippen LogP contribution in [0.2, 0.25) is 0 Å². The Morgan fingerprint density at radius 2 is 2.28 bits per heavy atom. The number of amides is 2. The third-order valence-electron chi connectivity index (χ3n) is 2.55. The highest BCUT2D eigenvalue weighted by Gasteiger charge is 2.25. The molecule has 1 aliphatic heterocycles. The van der Waals surface area contributed by atoms with Gasteiger partial charge in [0.25, 0.3) is 0 Å². The molecule has 0 bridgehead atoms. The van der Waals surface area contributed by atoms with Gasteiger partial charge in [-0.1, -0.05) is 13.0 Å². The molecule has 4 nitrogen and oxygen atoms in total. The van der Waals surface area contributed by atoms with Gasteiger partial charge in [0.1, 0.15) is 6.04 Å². The molecular weight excluding hydrogens is 364 g/mol. The monoisotopic (exact) mass is 376 g/mol. The van der Waals surface area contributed by atoms with Gasteiger partial charge >= 0.3 is 0 Å². The zero-order chi connectivity index (χ0) is 13.7. The summed E-state index contributed by atoms with van der Waals surface area (Å²) in [4.78, 5) is 24.6. The van der Waals surface area contributed by atoms with E-state index in [1.807, 2.05) is 13.0 Å². The summed E-state index contributed by atoms with van der Waals surface area (Å²) in [6, 6.07) is -0.585. The van der Waals surface area contributed by atoms with Gasteiger partial charge in [-0.15, -0.1) is 0 Å². The third-order valence-corrected chi connectivity index (χ3v) is 3.01. The molecule has 18 heavy (non-hydrogen) atoms. The fourth-order valence-corrected chi connectivity index (χ4v) is 2.20. The average Bonchev–Trinajstić information content (AvgIpc) is 2.44. The molecule has 1 aliphatic rings.